The van der Waals surface area contributed by atoms with Gasteiger partial charge >= 0.3 is 0 Å². The summed E-state index contributed by atoms with van der Waals surface area (Å²) in [7, 11) is 0. The molecule has 28 heavy (non-hydrogen) atoms. The van der Waals surface area contributed by atoms with E-state index in [0.717, 1.165) is 21.0 Å². The molecular weight excluding hydrogens is 366 g/mol. The third-order valence-electron chi connectivity index (χ3n) is 3.90. The van der Waals surface area contributed by atoms with E-state index < -0.39 is 5.91 Å². The van der Waals surface area contributed by atoms with E-state index in [4.69, 9.17) is 0 Å². The number of aryl methyl sites for hydroxylation is 1. The predicted molar refractivity (Wildman–Crippen MR) is 114 cm³/mol. The van der Waals surface area contributed by atoms with Crippen LogP contribution in [0.5, 0.6) is 0 Å². The molecule has 3 rings (SSSR count). The van der Waals surface area contributed by atoms with Gasteiger partial charge in [-0.3, -0.25) is 4.79 Å². The van der Waals surface area contributed by atoms with Crippen molar-refractivity contribution in [3.05, 3.63) is 96.2 Å². The summed E-state index contributed by atoms with van der Waals surface area (Å²) in [5.41, 5.74) is 2.58. The lowest BCUT2D eigenvalue weighted by Crippen LogP contribution is -2.14. The number of benzene rings is 3. The number of carbonyl (C=O) groups excluding carboxylic acids is 1. The minimum Gasteiger partial charge on any atom is -0.359 e. The molecule has 0 unspecified atom stereocenters. The van der Waals surface area contributed by atoms with Crippen LogP contribution in [0.25, 0.3) is 0 Å². The molecule has 4 nitrogen and oxygen atoms in total. The molecule has 0 aliphatic carbocycles. The van der Waals surface area contributed by atoms with Crippen LogP contribution >= 0.6 is 11.8 Å². The van der Waals surface area contributed by atoms with Crippen LogP contribution in [0.4, 0.5) is 11.4 Å². The van der Waals surface area contributed by atoms with Crippen molar-refractivity contribution in [3.63, 3.8) is 0 Å². The first kappa shape index (κ1) is 19.3. The van der Waals surface area contributed by atoms with E-state index in [1.54, 1.807) is 11.8 Å². The molecule has 0 fully saturated rings. The first-order valence-electron chi connectivity index (χ1n) is 8.72. The fourth-order valence-corrected chi connectivity index (χ4v) is 3.35. The number of hydrogen-bond donors (Lipinski definition) is 2. The molecule has 0 spiro atoms. The molecule has 0 atom stereocenters. The van der Waals surface area contributed by atoms with E-state index in [1.807, 2.05) is 91.9 Å². The smallest absolute Gasteiger partial charge is 0.267 e. The zero-order valence-electron chi connectivity index (χ0n) is 15.3. The number of nitriles is 1. The van der Waals surface area contributed by atoms with Crippen LogP contribution in [0, 0.1) is 18.3 Å². The Balaban J connectivity index is 1.73. The molecule has 0 saturated heterocycles. The molecule has 0 aliphatic heterocycles. The maximum Gasteiger partial charge on any atom is 0.267 e. The summed E-state index contributed by atoms with van der Waals surface area (Å²) in [6.45, 7) is 1.97. The minimum absolute atomic E-state index is 0.0000826. The van der Waals surface area contributed by atoms with Crippen molar-refractivity contribution in [2.24, 2.45) is 0 Å². The van der Waals surface area contributed by atoms with E-state index in [1.165, 1.54) is 6.20 Å². The van der Waals surface area contributed by atoms with E-state index in [9.17, 15) is 10.1 Å². The summed E-state index contributed by atoms with van der Waals surface area (Å²) < 4.78 is 0. The Morgan fingerprint density at radius 1 is 0.964 bits per heavy atom. The molecule has 0 saturated carbocycles. The molecule has 2 N–H and O–H groups in total. The quantitative estimate of drug-likeness (QED) is 0.428. The van der Waals surface area contributed by atoms with Gasteiger partial charge in [-0.1, -0.05) is 59.8 Å². The Labute approximate surface area is 168 Å². The number of nitrogens with zero attached hydrogens (tertiary/aromatic N) is 1. The summed E-state index contributed by atoms with van der Waals surface area (Å²) in [5.74, 6) is -0.452. The Kier molecular flexibility index (Phi) is 6.50. The van der Waals surface area contributed by atoms with Crippen molar-refractivity contribution >= 4 is 29.0 Å². The van der Waals surface area contributed by atoms with E-state index in [-0.39, 0.29) is 5.57 Å². The van der Waals surface area contributed by atoms with Crippen molar-refractivity contribution in [3.8, 4) is 6.07 Å². The topological polar surface area (TPSA) is 64.9 Å². The number of anilines is 2. The van der Waals surface area contributed by atoms with Gasteiger partial charge in [0.25, 0.3) is 5.91 Å². The molecule has 0 radical (unpaired) electrons. The zero-order valence-corrected chi connectivity index (χ0v) is 16.2. The van der Waals surface area contributed by atoms with E-state index in [2.05, 4.69) is 10.6 Å². The average molecular weight is 385 g/mol. The largest absolute Gasteiger partial charge is 0.359 e. The van der Waals surface area contributed by atoms with Gasteiger partial charge in [0.05, 0.1) is 5.69 Å². The summed E-state index contributed by atoms with van der Waals surface area (Å²) in [6.07, 6.45) is 1.44. The molecule has 0 heterocycles. The van der Waals surface area contributed by atoms with Crippen molar-refractivity contribution in [1.82, 2.24) is 0 Å². The average Bonchev–Trinajstić information content (AvgIpc) is 2.72. The van der Waals surface area contributed by atoms with Crippen LogP contribution in [-0.4, -0.2) is 5.91 Å². The van der Waals surface area contributed by atoms with Gasteiger partial charge in [-0.15, -0.1) is 0 Å². The third-order valence-corrected chi connectivity index (χ3v) is 4.99. The first-order chi connectivity index (χ1) is 13.7. The molecular formula is C23H19N3OS. The van der Waals surface area contributed by atoms with Gasteiger partial charge in [-0.25, -0.2) is 0 Å². The third kappa shape index (κ3) is 5.26. The number of nitrogens with one attached hydrogen (secondary N) is 2. The van der Waals surface area contributed by atoms with Gasteiger partial charge in [0, 0.05) is 21.7 Å². The van der Waals surface area contributed by atoms with Crippen LogP contribution in [-0.2, 0) is 4.79 Å². The standard InChI is InChI=1S/C23H19N3OS/c1-17-11-13-19(14-12-17)26-23(27)18(15-24)16-25-21-9-5-6-10-22(21)28-20-7-3-2-4-8-20/h2-14,16,25H,1H3,(H,26,27)/b18-16-. The number of carbonyl (C=O) groups is 1. The number of rotatable bonds is 6. The summed E-state index contributed by atoms with van der Waals surface area (Å²) in [4.78, 5) is 14.5. The van der Waals surface area contributed by atoms with Crippen LogP contribution < -0.4 is 10.6 Å². The number of para-hydroxylation sites is 1. The van der Waals surface area contributed by atoms with Gasteiger partial charge in [0.2, 0.25) is 0 Å². The molecule has 1 amide bonds. The molecule has 0 aromatic heterocycles. The Hall–Kier alpha value is -3.49. The highest BCUT2D eigenvalue weighted by atomic mass is 32.2. The van der Waals surface area contributed by atoms with Crippen molar-refractivity contribution < 1.29 is 4.79 Å². The minimum atomic E-state index is -0.452. The van der Waals surface area contributed by atoms with Gasteiger partial charge in [0.15, 0.2) is 0 Å². The molecule has 0 bridgehead atoms. The lowest BCUT2D eigenvalue weighted by Gasteiger charge is -2.10. The summed E-state index contributed by atoms with van der Waals surface area (Å²) in [5, 5.41) is 15.2. The number of hydrogen-bond acceptors (Lipinski definition) is 4. The fraction of sp³-hybridized carbons (Fsp3) is 0.0435. The van der Waals surface area contributed by atoms with Crippen molar-refractivity contribution in [1.29, 1.82) is 5.26 Å². The highest BCUT2D eigenvalue weighted by Gasteiger charge is 2.10. The summed E-state index contributed by atoms with van der Waals surface area (Å²) in [6, 6.07) is 27.2. The van der Waals surface area contributed by atoms with Gasteiger partial charge in [0.1, 0.15) is 11.6 Å². The number of amides is 1. The van der Waals surface area contributed by atoms with E-state index >= 15 is 0 Å². The lowest BCUT2D eigenvalue weighted by molar-refractivity contribution is -0.112. The van der Waals surface area contributed by atoms with Gasteiger partial charge in [-0.2, -0.15) is 5.26 Å². The van der Waals surface area contributed by atoms with E-state index in [0.29, 0.717) is 5.69 Å². The SMILES string of the molecule is Cc1ccc(NC(=O)/C(C#N)=C\Nc2ccccc2Sc2ccccc2)cc1. The van der Waals surface area contributed by atoms with Crippen LogP contribution in [0.1, 0.15) is 5.56 Å². The molecule has 5 heteroatoms. The predicted octanol–water partition coefficient (Wildman–Crippen LogP) is 5.60. The maximum atomic E-state index is 12.4. The second kappa shape index (κ2) is 9.45. The van der Waals surface area contributed by atoms with Gasteiger partial charge in [-0.05, 0) is 43.3 Å². The molecule has 0 aliphatic rings. The molecule has 3 aromatic rings. The molecule has 138 valence electrons. The second-order valence-corrected chi connectivity index (χ2v) is 7.16. The summed E-state index contributed by atoms with van der Waals surface area (Å²) >= 11 is 1.61. The van der Waals surface area contributed by atoms with Crippen LogP contribution in [0.2, 0.25) is 0 Å². The van der Waals surface area contributed by atoms with Crippen molar-refractivity contribution in [2.75, 3.05) is 10.6 Å². The van der Waals surface area contributed by atoms with Crippen LogP contribution in [0.3, 0.4) is 0 Å². The monoisotopic (exact) mass is 385 g/mol. The highest BCUT2D eigenvalue weighted by molar-refractivity contribution is 7.99. The highest BCUT2D eigenvalue weighted by Crippen LogP contribution is 2.33. The van der Waals surface area contributed by atoms with Crippen molar-refractivity contribution in [2.45, 2.75) is 16.7 Å². The Morgan fingerprint density at radius 3 is 2.36 bits per heavy atom. The second-order valence-electron chi connectivity index (χ2n) is 6.05. The maximum absolute atomic E-state index is 12.4. The zero-order chi connectivity index (χ0) is 19.8. The fourth-order valence-electron chi connectivity index (χ4n) is 2.42. The Morgan fingerprint density at radius 2 is 1.64 bits per heavy atom. The normalized spacial score (nSPS) is 10.8. The first-order valence-corrected chi connectivity index (χ1v) is 9.54. The van der Waals surface area contributed by atoms with Gasteiger partial charge < -0.3 is 10.6 Å². The Bertz CT molecular complexity index is 1020. The molecule has 3 aromatic carbocycles. The van der Waals surface area contributed by atoms with Crippen LogP contribution in [0.15, 0.2) is 100 Å². The lowest BCUT2D eigenvalue weighted by atomic mass is 10.2.